The molecular formula is C20H26N12. The van der Waals surface area contributed by atoms with Gasteiger partial charge in [0, 0.05) is 51.9 Å². The normalized spacial score (nSPS) is 14.1. The summed E-state index contributed by atoms with van der Waals surface area (Å²) in [5, 5.41) is 26.7. The van der Waals surface area contributed by atoms with Gasteiger partial charge in [0.25, 0.3) is 0 Å². The molecule has 0 atom stereocenters. The first-order chi connectivity index (χ1) is 15.8. The highest BCUT2D eigenvalue weighted by molar-refractivity contribution is 5.42. The molecule has 0 saturated heterocycles. The van der Waals surface area contributed by atoms with Crippen molar-refractivity contribution >= 4 is 17.8 Å². The molecule has 166 valence electrons. The molecule has 0 fully saturated rings. The number of aromatic nitrogens is 9. The molecule has 0 amide bonds. The molecule has 3 aromatic rings. The Bertz CT molecular complexity index is 1050. The lowest BCUT2D eigenvalue weighted by Gasteiger charge is -2.11. The number of anilines is 3. The highest BCUT2D eigenvalue weighted by atomic mass is 15.3. The summed E-state index contributed by atoms with van der Waals surface area (Å²) in [7, 11) is 0. The number of nitrogens with zero attached hydrogens (tertiary/aromatic N) is 9. The van der Waals surface area contributed by atoms with E-state index < -0.39 is 0 Å². The second-order valence-electron chi connectivity index (χ2n) is 7.79. The Morgan fingerprint density at radius 1 is 0.719 bits per heavy atom. The molecule has 12 heteroatoms. The summed E-state index contributed by atoms with van der Waals surface area (Å²) in [6, 6.07) is 0. The molecule has 3 N–H and O–H groups in total. The second kappa shape index (κ2) is 9.17. The van der Waals surface area contributed by atoms with E-state index in [-0.39, 0.29) is 0 Å². The zero-order valence-corrected chi connectivity index (χ0v) is 17.9. The van der Waals surface area contributed by atoms with Gasteiger partial charge in [0.2, 0.25) is 17.8 Å². The van der Waals surface area contributed by atoms with Gasteiger partial charge in [-0.3, -0.25) is 0 Å². The number of hydrogen-bond donors (Lipinski definition) is 3. The fraction of sp³-hybridized carbons (Fsp3) is 0.550. The van der Waals surface area contributed by atoms with E-state index >= 15 is 0 Å². The summed E-state index contributed by atoms with van der Waals surface area (Å²) >= 11 is 0. The number of aryl methyl sites for hydroxylation is 2. The van der Waals surface area contributed by atoms with Crippen molar-refractivity contribution in [2.24, 2.45) is 0 Å². The van der Waals surface area contributed by atoms with Crippen molar-refractivity contribution < 1.29 is 0 Å². The maximum atomic E-state index is 5.37. The maximum absolute atomic E-state index is 5.37. The second-order valence-corrected chi connectivity index (χ2v) is 7.79. The summed E-state index contributed by atoms with van der Waals surface area (Å²) in [5.74, 6) is 8.05. The van der Waals surface area contributed by atoms with Crippen LogP contribution in [0, 0.1) is 12.3 Å². The van der Waals surface area contributed by atoms with Crippen LogP contribution in [0.25, 0.3) is 0 Å². The summed E-state index contributed by atoms with van der Waals surface area (Å²) < 4.78 is 4.40. The van der Waals surface area contributed by atoms with Crippen LogP contribution in [0.4, 0.5) is 17.8 Å². The van der Waals surface area contributed by atoms with Gasteiger partial charge >= 0.3 is 0 Å². The highest BCUT2D eigenvalue weighted by Gasteiger charge is 2.18. The van der Waals surface area contributed by atoms with Crippen LogP contribution in [-0.2, 0) is 38.8 Å². The van der Waals surface area contributed by atoms with E-state index in [1.807, 2.05) is 0 Å². The molecule has 12 nitrogen and oxygen atoms in total. The minimum atomic E-state index is 0.334. The molecule has 32 heavy (non-hydrogen) atoms. The van der Waals surface area contributed by atoms with Crippen LogP contribution in [0.15, 0.2) is 0 Å². The van der Waals surface area contributed by atoms with Gasteiger partial charge in [-0.2, -0.15) is 15.0 Å². The summed E-state index contributed by atoms with van der Waals surface area (Å²) in [5.41, 5.74) is 0. The smallest absolute Gasteiger partial charge is 0.230 e. The summed E-state index contributed by atoms with van der Waals surface area (Å²) in [6.07, 6.45) is 11.1. The number of rotatable bonds is 10. The van der Waals surface area contributed by atoms with Gasteiger partial charge in [-0.15, -0.1) is 26.8 Å². The molecule has 3 aromatic heterocycles. The van der Waals surface area contributed by atoms with Gasteiger partial charge in [0.1, 0.15) is 23.3 Å². The minimum Gasteiger partial charge on any atom is -0.354 e. The van der Waals surface area contributed by atoms with Gasteiger partial charge in [0.05, 0.1) is 6.54 Å². The molecule has 5 heterocycles. The van der Waals surface area contributed by atoms with Crippen LogP contribution in [0.1, 0.15) is 36.1 Å². The van der Waals surface area contributed by atoms with E-state index in [9.17, 15) is 0 Å². The molecule has 0 unspecified atom stereocenters. The molecule has 0 aromatic carbocycles. The Balaban J connectivity index is 1.20. The van der Waals surface area contributed by atoms with Crippen LogP contribution >= 0.6 is 0 Å². The molecule has 0 aliphatic carbocycles. The molecule has 0 saturated carbocycles. The van der Waals surface area contributed by atoms with E-state index in [1.54, 1.807) is 0 Å². The van der Waals surface area contributed by atoms with Crippen molar-refractivity contribution in [2.45, 2.75) is 51.6 Å². The fourth-order valence-corrected chi connectivity index (χ4v) is 4.11. The predicted molar refractivity (Wildman–Crippen MR) is 118 cm³/mol. The SMILES string of the molecule is C#CCNc1nc(NCCc2nnc3n2CCC3)nc(NCCc2nnc3n2CCC3)n1. The molecule has 0 bridgehead atoms. The first kappa shape index (κ1) is 20.2. The lowest BCUT2D eigenvalue weighted by Crippen LogP contribution is -2.16. The van der Waals surface area contributed by atoms with Gasteiger partial charge < -0.3 is 25.1 Å². The van der Waals surface area contributed by atoms with E-state index in [0.717, 1.165) is 74.9 Å². The lowest BCUT2D eigenvalue weighted by atomic mass is 10.4. The van der Waals surface area contributed by atoms with Gasteiger partial charge in [-0.1, -0.05) is 5.92 Å². The first-order valence-corrected chi connectivity index (χ1v) is 11.0. The Morgan fingerprint density at radius 2 is 1.22 bits per heavy atom. The largest absolute Gasteiger partial charge is 0.354 e. The van der Waals surface area contributed by atoms with Crippen molar-refractivity contribution in [1.82, 2.24) is 44.5 Å². The van der Waals surface area contributed by atoms with E-state index in [2.05, 4.69) is 66.4 Å². The third-order valence-electron chi connectivity index (χ3n) is 5.62. The average molecular weight is 435 g/mol. The Hall–Kier alpha value is -3.75. The summed E-state index contributed by atoms with van der Waals surface area (Å²) in [4.78, 5) is 13.3. The fourth-order valence-electron chi connectivity index (χ4n) is 4.11. The third-order valence-corrected chi connectivity index (χ3v) is 5.62. The number of nitrogens with one attached hydrogen (secondary N) is 3. The van der Waals surface area contributed by atoms with Crippen molar-refractivity contribution in [2.75, 3.05) is 35.6 Å². The third kappa shape index (κ3) is 4.32. The van der Waals surface area contributed by atoms with Crippen molar-refractivity contribution in [1.29, 1.82) is 0 Å². The van der Waals surface area contributed by atoms with Crippen molar-refractivity contribution in [3.63, 3.8) is 0 Å². The zero-order valence-electron chi connectivity index (χ0n) is 17.9. The molecule has 0 spiro atoms. The van der Waals surface area contributed by atoms with Crippen LogP contribution in [0.2, 0.25) is 0 Å². The first-order valence-electron chi connectivity index (χ1n) is 11.0. The highest BCUT2D eigenvalue weighted by Crippen LogP contribution is 2.16. The van der Waals surface area contributed by atoms with Gasteiger partial charge in [-0.05, 0) is 12.8 Å². The van der Waals surface area contributed by atoms with Crippen molar-refractivity contribution in [3.8, 4) is 12.3 Å². The Kier molecular flexibility index (Phi) is 5.78. The standard InChI is InChI=1S/C20H26N12/c1-2-9-21-18-24-19(22-10-7-16-29-27-14-5-3-12-31(14)16)26-20(25-18)23-11-8-17-30-28-15-6-4-13-32(15)17/h1H,3-13H2,(H3,21,22,23,24,25,26). The summed E-state index contributed by atoms with van der Waals surface area (Å²) in [6.45, 7) is 3.60. The Labute approximate surface area is 185 Å². The average Bonchev–Trinajstić information content (AvgIpc) is 3.56. The van der Waals surface area contributed by atoms with Gasteiger partial charge in [-0.25, -0.2) is 0 Å². The topological polar surface area (TPSA) is 136 Å². The van der Waals surface area contributed by atoms with Crippen molar-refractivity contribution in [3.05, 3.63) is 23.3 Å². The number of hydrogen-bond acceptors (Lipinski definition) is 10. The molecule has 0 radical (unpaired) electrons. The van der Waals surface area contributed by atoms with Crippen LogP contribution in [0.5, 0.6) is 0 Å². The molecular weight excluding hydrogens is 408 g/mol. The minimum absolute atomic E-state index is 0.334. The monoisotopic (exact) mass is 434 g/mol. The number of terminal acetylenes is 1. The number of fused-ring (bicyclic) bond motifs is 2. The van der Waals surface area contributed by atoms with E-state index in [0.29, 0.717) is 37.5 Å². The van der Waals surface area contributed by atoms with Crippen LogP contribution < -0.4 is 16.0 Å². The molecule has 2 aliphatic heterocycles. The van der Waals surface area contributed by atoms with Crippen LogP contribution in [-0.4, -0.2) is 64.1 Å². The zero-order chi connectivity index (χ0) is 21.8. The molecule has 2 aliphatic rings. The predicted octanol–water partition coefficient (Wildman–Crippen LogP) is 0.301. The quantitative estimate of drug-likeness (QED) is 0.382. The van der Waals surface area contributed by atoms with Crippen LogP contribution in [0.3, 0.4) is 0 Å². The van der Waals surface area contributed by atoms with Gasteiger partial charge in [0.15, 0.2) is 0 Å². The van der Waals surface area contributed by atoms with E-state index in [1.165, 1.54) is 0 Å². The lowest BCUT2D eigenvalue weighted by molar-refractivity contribution is 0.685. The Morgan fingerprint density at radius 3 is 1.72 bits per heavy atom. The molecule has 5 rings (SSSR count). The maximum Gasteiger partial charge on any atom is 0.230 e. The van der Waals surface area contributed by atoms with E-state index in [4.69, 9.17) is 6.42 Å².